The van der Waals surface area contributed by atoms with Gasteiger partial charge in [0.25, 0.3) is 0 Å². The molecule has 0 atom stereocenters. The maximum absolute atomic E-state index is 6.58. The monoisotopic (exact) mass is 376 g/mol. The number of fused-ring (bicyclic) bond motifs is 1. The van der Waals surface area contributed by atoms with Crippen molar-refractivity contribution in [2.75, 3.05) is 18.8 Å². The predicted molar refractivity (Wildman–Crippen MR) is 112 cm³/mol. The SMILES string of the molecule is Nc1c(C2=NCCN2)sc2nc(-c3cccs3)cc(-c3ccccc3)c12. The molecule has 4 heterocycles. The Morgan fingerprint density at radius 1 is 1.08 bits per heavy atom. The summed E-state index contributed by atoms with van der Waals surface area (Å²) in [5, 5.41) is 6.43. The Hall–Kier alpha value is -2.70. The standard InChI is InChI=1S/C20H16N4S2/c21-17-16-13(12-5-2-1-3-6-12)11-14(15-7-4-10-25-15)24-20(16)26-18(17)19-22-8-9-23-19/h1-7,10-11H,8-9,21H2,(H,22,23). The zero-order valence-electron chi connectivity index (χ0n) is 13.9. The zero-order chi connectivity index (χ0) is 17.5. The molecule has 4 aromatic rings. The van der Waals surface area contributed by atoms with Crippen LogP contribution in [0, 0.1) is 0 Å². The third-order valence-electron chi connectivity index (χ3n) is 4.45. The summed E-state index contributed by atoms with van der Waals surface area (Å²) in [4.78, 5) is 12.6. The molecule has 0 fully saturated rings. The molecule has 4 nitrogen and oxygen atoms in total. The van der Waals surface area contributed by atoms with Gasteiger partial charge in [0.15, 0.2) is 0 Å². The van der Waals surface area contributed by atoms with Crippen molar-refractivity contribution in [1.29, 1.82) is 0 Å². The summed E-state index contributed by atoms with van der Waals surface area (Å²) in [6.07, 6.45) is 0. The molecular formula is C20H16N4S2. The van der Waals surface area contributed by atoms with Crippen LogP contribution in [0.15, 0.2) is 58.9 Å². The first-order chi connectivity index (χ1) is 12.8. The smallest absolute Gasteiger partial charge is 0.140 e. The molecule has 6 heteroatoms. The van der Waals surface area contributed by atoms with Gasteiger partial charge in [0.2, 0.25) is 0 Å². The number of rotatable bonds is 3. The number of hydrogen-bond acceptors (Lipinski definition) is 6. The highest BCUT2D eigenvalue weighted by molar-refractivity contribution is 7.21. The molecule has 128 valence electrons. The van der Waals surface area contributed by atoms with Gasteiger partial charge >= 0.3 is 0 Å². The first-order valence-electron chi connectivity index (χ1n) is 8.42. The predicted octanol–water partition coefficient (Wildman–Crippen LogP) is 4.62. The molecule has 0 saturated carbocycles. The fourth-order valence-electron chi connectivity index (χ4n) is 3.24. The van der Waals surface area contributed by atoms with E-state index in [1.165, 1.54) is 0 Å². The van der Waals surface area contributed by atoms with Crippen LogP contribution in [0.1, 0.15) is 4.88 Å². The second-order valence-corrected chi connectivity index (χ2v) is 8.03. The van der Waals surface area contributed by atoms with Crippen molar-refractivity contribution in [1.82, 2.24) is 10.3 Å². The number of nitrogens with one attached hydrogen (secondary N) is 1. The van der Waals surface area contributed by atoms with Gasteiger partial charge in [-0.15, -0.1) is 22.7 Å². The van der Waals surface area contributed by atoms with Gasteiger partial charge in [-0.3, -0.25) is 4.99 Å². The molecule has 0 amide bonds. The quantitative estimate of drug-likeness (QED) is 0.548. The average Bonchev–Trinajstić information content (AvgIpc) is 3.43. The van der Waals surface area contributed by atoms with Crippen molar-refractivity contribution in [2.45, 2.75) is 0 Å². The van der Waals surface area contributed by atoms with Crippen LogP contribution in [0.5, 0.6) is 0 Å². The number of nitrogens with two attached hydrogens (primary N) is 1. The molecule has 26 heavy (non-hydrogen) atoms. The van der Waals surface area contributed by atoms with Gasteiger partial charge in [0, 0.05) is 11.9 Å². The van der Waals surface area contributed by atoms with E-state index in [1.54, 1.807) is 22.7 Å². The Morgan fingerprint density at radius 3 is 2.69 bits per heavy atom. The van der Waals surface area contributed by atoms with Gasteiger partial charge in [-0.05, 0) is 28.6 Å². The van der Waals surface area contributed by atoms with Crippen molar-refractivity contribution < 1.29 is 0 Å². The summed E-state index contributed by atoms with van der Waals surface area (Å²) < 4.78 is 0. The molecule has 0 aliphatic carbocycles. The average molecular weight is 377 g/mol. The number of nitrogens with zero attached hydrogens (tertiary/aromatic N) is 2. The lowest BCUT2D eigenvalue weighted by Crippen LogP contribution is -2.19. The number of aliphatic imine (C=N–C) groups is 1. The highest BCUT2D eigenvalue weighted by Crippen LogP contribution is 2.42. The van der Waals surface area contributed by atoms with Gasteiger partial charge in [-0.2, -0.15) is 0 Å². The minimum Gasteiger partial charge on any atom is -0.397 e. The highest BCUT2D eigenvalue weighted by atomic mass is 32.1. The van der Waals surface area contributed by atoms with Crippen molar-refractivity contribution in [3.05, 3.63) is 58.8 Å². The fourth-order valence-corrected chi connectivity index (χ4v) is 5.03. The number of benzene rings is 1. The Morgan fingerprint density at radius 2 is 1.96 bits per heavy atom. The molecule has 0 bridgehead atoms. The Balaban J connectivity index is 1.81. The maximum atomic E-state index is 6.58. The number of anilines is 1. The number of amidine groups is 1. The number of nitrogen functional groups attached to an aromatic ring is 1. The van der Waals surface area contributed by atoms with Crippen LogP contribution in [0.3, 0.4) is 0 Å². The number of pyridine rings is 1. The summed E-state index contributed by atoms with van der Waals surface area (Å²) >= 11 is 3.32. The van der Waals surface area contributed by atoms with Crippen LogP contribution >= 0.6 is 22.7 Å². The third-order valence-corrected chi connectivity index (χ3v) is 6.45. The molecule has 1 aliphatic heterocycles. The molecule has 0 saturated heterocycles. The van der Waals surface area contributed by atoms with E-state index in [2.05, 4.69) is 58.2 Å². The molecule has 0 unspecified atom stereocenters. The van der Waals surface area contributed by atoms with E-state index in [1.807, 2.05) is 6.07 Å². The first-order valence-corrected chi connectivity index (χ1v) is 10.1. The van der Waals surface area contributed by atoms with E-state index in [0.29, 0.717) is 0 Å². The van der Waals surface area contributed by atoms with Crippen LogP contribution in [0.2, 0.25) is 0 Å². The molecule has 1 aliphatic rings. The third kappa shape index (κ3) is 2.50. The largest absolute Gasteiger partial charge is 0.397 e. The van der Waals surface area contributed by atoms with Crippen LogP contribution in [-0.4, -0.2) is 23.9 Å². The second kappa shape index (κ2) is 6.23. The van der Waals surface area contributed by atoms with E-state index in [4.69, 9.17) is 10.7 Å². The van der Waals surface area contributed by atoms with Crippen molar-refractivity contribution in [3.63, 3.8) is 0 Å². The van der Waals surface area contributed by atoms with E-state index in [9.17, 15) is 0 Å². The van der Waals surface area contributed by atoms with E-state index in [0.717, 1.165) is 61.4 Å². The van der Waals surface area contributed by atoms with E-state index in [-0.39, 0.29) is 0 Å². The molecule has 0 spiro atoms. The van der Waals surface area contributed by atoms with Crippen LogP contribution in [-0.2, 0) is 0 Å². The Bertz CT molecular complexity index is 1110. The topological polar surface area (TPSA) is 63.3 Å². The fraction of sp³-hybridized carbons (Fsp3) is 0.100. The number of hydrogen-bond donors (Lipinski definition) is 2. The molecule has 0 radical (unpaired) electrons. The summed E-state index contributed by atoms with van der Waals surface area (Å²) in [7, 11) is 0. The van der Waals surface area contributed by atoms with Crippen LogP contribution in [0.25, 0.3) is 31.9 Å². The molecule has 1 aromatic carbocycles. The molecule has 5 rings (SSSR count). The summed E-state index contributed by atoms with van der Waals surface area (Å²) in [6.45, 7) is 1.66. The van der Waals surface area contributed by atoms with Crippen molar-refractivity contribution in [2.24, 2.45) is 4.99 Å². The summed E-state index contributed by atoms with van der Waals surface area (Å²) in [5.74, 6) is 0.891. The van der Waals surface area contributed by atoms with E-state index >= 15 is 0 Å². The molecule has 3 aromatic heterocycles. The lowest BCUT2D eigenvalue weighted by Gasteiger charge is -2.08. The van der Waals surface area contributed by atoms with Gasteiger partial charge < -0.3 is 11.1 Å². The van der Waals surface area contributed by atoms with Gasteiger partial charge in [-0.25, -0.2) is 4.98 Å². The Labute approximate surface area is 159 Å². The van der Waals surface area contributed by atoms with Crippen molar-refractivity contribution in [3.8, 4) is 21.7 Å². The number of thiophene rings is 2. The minimum absolute atomic E-state index is 0.766. The molecule has 3 N–H and O–H groups in total. The highest BCUT2D eigenvalue weighted by Gasteiger charge is 2.21. The summed E-state index contributed by atoms with van der Waals surface area (Å²) in [6, 6.07) is 16.7. The van der Waals surface area contributed by atoms with Gasteiger partial charge in [0.05, 0.1) is 27.7 Å². The minimum atomic E-state index is 0.766. The first kappa shape index (κ1) is 15.5. The summed E-state index contributed by atoms with van der Waals surface area (Å²) in [5.41, 5.74) is 10.6. The van der Waals surface area contributed by atoms with Gasteiger partial charge in [-0.1, -0.05) is 36.4 Å². The zero-order valence-corrected chi connectivity index (χ0v) is 15.5. The number of aromatic nitrogens is 1. The van der Waals surface area contributed by atoms with Crippen molar-refractivity contribution >= 4 is 44.4 Å². The second-order valence-electron chi connectivity index (χ2n) is 6.08. The normalized spacial score (nSPS) is 13.8. The molecular weight excluding hydrogens is 360 g/mol. The van der Waals surface area contributed by atoms with Crippen LogP contribution in [0.4, 0.5) is 5.69 Å². The van der Waals surface area contributed by atoms with Gasteiger partial charge in [0.1, 0.15) is 10.7 Å². The van der Waals surface area contributed by atoms with E-state index < -0.39 is 0 Å². The Kier molecular flexibility index (Phi) is 3.72. The lowest BCUT2D eigenvalue weighted by atomic mass is 10.0. The lowest BCUT2D eigenvalue weighted by molar-refractivity contribution is 0.961. The maximum Gasteiger partial charge on any atom is 0.140 e. The van der Waals surface area contributed by atoms with Crippen LogP contribution < -0.4 is 11.1 Å².